The van der Waals surface area contributed by atoms with E-state index in [0.717, 1.165) is 42.4 Å². The van der Waals surface area contributed by atoms with Gasteiger partial charge in [-0.25, -0.2) is 9.37 Å². The van der Waals surface area contributed by atoms with E-state index in [1.54, 1.807) is 13.0 Å². The fourth-order valence-corrected chi connectivity index (χ4v) is 4.92. The number of carbonyl (C=O) groups excluding carboxylic acids is 1. The van der Waals surface area contributed by atoms with Gasteiger partial charge in [-0.05, 0) is 67.8 Å². The van der Waals surface area contributed by atoms with Crippen LogP contribution in [0.4, 0.5) is 23.2 Å². The third-order valence-corrected chi connectivity index (χ3v) is 7.21. The van der Waals surface area contributed by atoms with Gasteiger partial charge in [0.1, 0.15) is 23.9 Å². The molecule has 40 heavy (non-hydrogen) atoms. The minimum atomic E-state index is -5.25. The number of nitrogens with two attached hydrogens (primary N) is 1. The highest BCUT2D eigenvalue weighted by atomic mass is 19.4. The van der Waals surface area contributed by atoms with Gasteiger partial charge in [0.15, 0.2) is 5.75 Å². The number of ether oxygens (including phenoxy) is 2. The van der Waals surface area contributed by atoms with Gasteiger partial charge in [-0.2, -0.15) is 13.2 Å². The smallest absolute Gasteiger partial charge is 0.424 e. The van der Waals surface area contributed by atoms with Gasteiger partial charge < -0.3 is 30.9 Å². The Morgan fingerprint density at radius 1 is 1.25 bits per heavy atom. The summed E-state index contributed by atoms with van der Waals surface area (Å²) in [6.45, 7) is 1.03. The Labute approximate surface area is 227 Å². The number of nitrogens with zero attached hydrogens (tertiary/aromatic N) is 1. The van der Waals surface area contributed by atoms with Gasteiger partial charge in [-0.3, -0.25) is 4.79 Å². The lowest BCUT2D eigenvalue weighted by molar-refractivity contribution is -0.265. The number of aryl methyl sites for hydroxylation is 1. The summed E-state index contributed by atoms with van der Waals surface area (Å²) >= 11 is 0. The number of pyridine rings is 1. The second-order valence-electron chi connectivity index (χ2n) is 10.2. The fraction of sp³-hybridized carbons (Fsp3) is 0.357. The molecule has 0 saturated heterocycles. The summed E-state index contributed by atoms with van der Waals surface area (Å²) in [5.74, 6) is -0.852. The van der Waals surface area contributed by atoms with Crippen LogP contribution in [0.15, 0.2) is 42.5 Å². The monoisotopic (exact) mass is 560 g/mol. The van der Waals surface area contributed by atoms with Gasteiger partial charge in [0.2, 0.25) is 5.60 Å². The van der Waals surface area contributed by atoms with Gasteiger partial charge in [0, 0.05) is 23.2 Å². The molecule has 2 atom stereocenters. The van der Waals surface area contributed by atoms with Crippen LogP contribution >= 0.6 is 0 Å². The van der Waals surface area contributed by atoms with Crippen molar-refractivity contribution in [2.75, 3.05) is 32.1 Å². The van der Waals surface area contributed by atoms with Crippen LogP contribution in [-0.2, 0) is 17.6 Å². The van der Waals surface area contributed by atoms with Gasteiger partial charge in [-0.1, -0.05) is 0 Å². The molecule has 2 unspecified atom stereocenters. The van der Waals surface area contributed by atoms with Gasteiger partial charge in [0.25, 0.3) is 5.91 Å². The summed E-state index contributed by atoms with van der Waals surface area (Å²) in [4.78, 5) is 17.2. The maximum Gasteiger partial charge on any atom is 0.424 e. The fourth-order valence-electron chi connectivity index (χ4n) is 4.92. The molecule has 1 amide bonds. The normalized spacial score (nSPS) is 19.5. The molecule has 2 aliphatic heterocycles. The summed E-state index contributed by atoms with van der Waals surface area (Å²) in [7, 11) is 1.43. The number of aliphatic hydroxyl groups is 1. The lowest BCUT2D eigenvalue weighted by Gasteiger charge is -2.31. The summed E-state index contributed by atoms with van der Waals surface area (Å²) in [6, 6.07) is 8.99. The number of hydrogen-bond donors (Lipinski definition) is 4. The van der Waals surface area contributed by atoms with E-state index < -0.39 is 41.3 Å². The van der Waals surface area contributed by atoms with Crippen LogP contribution in [0, 0.1) is 5.82 Å². The highest BCUT2D eigenvalue weighted by Crippen LogP contribution is 2.46. The van der Waals surface area contributed by atoms with Crippen molar-refractivity contribution in [1.29, 1.82) is 0 Å². The van der Waals surface area contributed by atoms with Gasteiger partial charge in [-0.15, -0.1) is 0 Å². The SMILES string of the molecule is COc1cc(C(=O)NCC(O)(c2cc3c(c(-c4ccc(F)cc4)n2)OCC3(C)N)C(F)(F)F)cc2c1NCCC2. The molecule has 0 spiro atoms. The van der Waals surface area contributed by atoms with Crippen LogP contribution in [0.5, 0.6) is 11.5 Å². The molecule has 1 aromatic heterocycles. The van der Waals surface area contributed by atoms with E-state index in [4.69, 9.17) is 15.2 Å². The maximum absolute atomic E-state index is 14.5. The average Bonchev–Trinajstić information content (AvgIpc) is 3.24. The Balaban J connectivity index is 1.53. The van der Waals surface area contributed by atoms with Crippen molar-refractivity contribution in [3.8, 4) is 22.8 Å². The minimum Gasteiger partial charge on any atom is -0.495 e. The number of benzene rings is 2. The second-order valence-corrected chi connectivity index (χ2v) is 10.2. The molecule has 0 radical (unpaired) electrons. The van der Waals surface area contributed by atoms with Crippen LogP contribution < -0.4 is 25.8 Å². The molecule has 212 valence electrons. The molecular weight excluding hydrogens is 532 g/mol. The second kappa shape index (κ2) is 9.93. The van der Waals surface area contributed by atoms with Gasteiger partial charge in [0.05, 0.1) is 30.6 Å². The number of fused-ring (bicyclic) bond motifs is 2. The van der Waals surface area contributed by atoms with E-state index in [1.165, 1.54) is 25.3 Å². The summed E-state index contributed by atoms with van der Waals surface area (Å²) < 4.78 is 68.2. The van der Waals surface area contributed by atoms with Crippen molar-refractivity contribution in [2.45, 2.75) is 37.1 Å². The first-order valence-electron chi connectivity index (χ1n) is 12.6. The quantitative estimate of drug-likeness (QED) is 0.337. The number of aromatic nitrogens is 1. The molecule has 0 saturated carbocycles. The van der Waals surface area contributed by atoms with E-state index in [9.17, 15) is 27.5 Å². The van der Waals surface area contributed by atoms with Crippen molar-refractivity contribution in [3.63, 3.8) is 0 Å². The number of alkyl halides is 3. The number of nitrogens with one attached hydrogen (secondary N) is 2. The highest BCUT2D eigenvalue weighted by molar-refractivity contribution is 5.96. The van der Waals surface area contributed by atoms with Crippen LogP contribution in [0.25, 0.3) is 11.3 Å². The van der Waals surface area contributed by atoms with E-state index in [2.05, 4.69) is 15.6 Å². The number of anilines is 1. The summed E-state index contributed by atoms with van der Waals surface area (Å²) in [5.41, 5.74) is 2.77. The topological polar surface area (TPSA) is 119 Å². The molecule has 3 heterocycles. The minimum absolute atomic E-state index is 0.0393. The molecule has 2 aliphatic rings. The number of rotatable bonds is 6. The lowest BCUT2D eigenvalue weighted by atomic mass is 9.89. The predicted molar refractivity (Wildman–Crippen MR) is 139 cm³/mol. The highest BCUT2D eigenvalue weighted by Gasteiger charge is 2.57. The predicted octanol–water partition coefficient (Wildman–Crippen LogP) is 4.00. The van der Waals surface area contributed by atoms with Crippen LogP contribution in [-0.4, -0.2) is 49.0 Å². The molecule has 8 nitrogen and oxygen atoms in total. The standard InChI is InChI=1S/C28H28F4N4O4/c1-26(33)14-40-24-19(26)12-21(36-23(24)15-5-7-18(29)8-6-15)27(38,28(30,31)32)13-35-25(37)17-10-16-4-3-9-34-22(16)20(11-17)39-2/h5-8,10-12,34,38H,3-4,9,13-14,33H2,1-2H3,(H,35,37). The average molecular weight is 561 g/mol. The Kier molecular flexibility index (Phi) is 6.87. The number of hydrogen-bond acceptors (Lipinski definition) is 7. The third kappa shape index (κ3) is 4.81. The molecular formula is C28H28F4N4O4. The first-order chi connectivity index (χ1) is 18.8. The van der Waals surface area contributed by atoms with Crippen LogP contribution in [0.1, 0.15) is 40.5 Å². The maximum atomic E-state index is 14.5. The van der Waals surface area contributed by atoms with Crippen molar-refractivity contribution >= 4 is 11.6 Å². The van der Waals surface area contributed by atoms with E-state index in [-0.39, 0.29) is 34.7 Å². The van der Waals surface area contributed by atoms with Gasteiger partial charge >= 0.3 is 6.18 Å². The Morgan fingerprint density at radius 2 is 1.98 bits per heavy atom. The molecule has 2 aromatic carbocycles. The molecule has 5 rings (SSSR count). The zero-order valence-electron chi connectivity index (χ0n) is 21.8. The van der Waals surface area contributed by atoms with E-state index in [0.29, 0.717) is 12.2 Å². The molecule has 0 aliphatic carbocycles. The van der Waals surface area contributed by atoms with Crippen molar-refractivity contribution in [3.05, 3.63) is 70.7 Å². The number of methoxy groups -OCH3 is 1. The first kappa shape index (κ1) is 27.7. The Bertz CT molecular complexity index is 1440. The van der Waals surface area contributed by atoms with Crippen LogP contribution in [0.3, 0.4) is 0 Å². The lowest BCUT2D eigenvalue weighted by Crippen LogP contribution is -2.51. The van der Waals surface area contributed by atoms with Crippen molar-refractivity contribution in [2.24, 2.45) is 5.73 Å². The molecule has 0 fully saturated rings. The first-order valence-corrected chi connectivity index (χ1v) is 12.6. The summed E-state index contributed by atoms with van der Waals surface area (Å²) in [6.07, 6.45) is -3.76. The van der Waals surface area contributed by atoms with Crippen LogP contribution in [0.2, 0.25) is 0 Å². The third-order valence-electron chi connectivity index (χ3n) is 7.21. The molecule has 5 N–H and O–H groups in total. The largest absolute Gasteiger partial charge is 0.495 e. The zero-order chi connectivity index (χ0) is 28.9. The number of carbonyl (C=O) groups is 1. The molecule has 0 bridgehead atoms. The molecule has 3 aromatic rings. The zero-order valence-corrected chi connectivity index (χ0v) is 21.8. The number of halogens is 4. The molecule has 12 heteroatoms. The van der Waals surface area contributed by atoms with Crippen molar-refractivity contribution < 1.29 is 36.9 Å². The van der Waals surface area contributed by atoms with E-state index >= 15 is 0 Å². The Morgan fingerprint density at radius 3 is 2.65 bits per heavy atom. The van der Waals surface area contributed by atoms with E-state index in [1.807, 2.05) is 0 Å². The Hall–Kier alpha value is -3.90. The van der Waals surface area contributed by atoms with Crippen molar-refractivity contribution in [1.82, 2.24) is 10.3 Å². The summed E-state index contributed by atoms with van der Waals surface area (Å²) in [5, 5.41) is 16.6. The number of amides is 1.